The SMILES string of the molecule is CC.CN1CCC(Cc2cc(F)ccc2C(F)(F)F)CC1. The highest BCUT2D eigenvalue weighted by molar-refractivity contribution is 5.30. The van der Waals surface area contributed by atoms with Crippen LogP contribution in [0.25, 0.3) is 0 Å². The van der Waals surface area contributed by atoms with Crippen LogP contribution in [0.15, 0.2) is 18.2 Å². The van der Waals surface area contributed by atoms with Gasteiger partial charge in [-0.25, -0.2) is 4.39 Å². The van der Waals surface area contributed by atoms with Gasteiger partial charge in [0, 0.05) is 0 Å². The molecule has 1 heterocycles. The number of nitrogens with zero attached hydrogens (tertiary/aromatic N) is 1. The van der Waals surface area contributed by atoms with Gasteiger partial charge in [0.2, 0.25) is 0 Å². The minimum absolute atomic E-state index is 0.0852. The molecule has 0 aliphatic carbocycles. The van der Waals surface area contributed by atoms with Crippen molar-refractivity contribution in [3.8, 4) is 0 Å². The van der Waals surface area contributed by atoms with Crippen LogP contribution in [-0.2, 0) is 12.6 Å². The van der Waals surface area contributed by atoms with Crippen LogP contribution in [0, 0.1) is 11.7 Å². The predicted molar refractivity (Wildman–Crippen MR) is 76.7 cm³/mol. The monoisotopic (exact) mass is 305 g/mol. The number of alkyl halides is 3. The molecule has 1 fully saturated rings. The van der Waals surface area contributed by atoms with Gasteiger partial charge in [-0.05, 0) is 69.1 Å². The fourth-order valence-electron chi connectivity index (χ4n) is 2.58. The minimum Gasteiger partial charge on any atom is -0.306 e. The lowest BCUT2D eigenvalue weighted by Gasteiger charge is -2.29. The summed E-state index contributed by atoms with van der Waals surface area (Å²) in [6, 6.07) is 2.75. The zero-order valence-corrected chi connectivity index (χ0v) is 12.8. The molecule has 0 amide bonds. The second kappa shape index (κ2) is 7.78. The summed E-state index contributed by atoms with van der Waals surface area (Å²) in [5.74, 6) is -0.393. The molecule has 2 rings (SSSR count). The lowest BCUT2D eigenvalue weighted by Crippen LogP contribution is -2.31. The van der Waals surface area contributed by atoms with Gasteiger partial charge in [0.15, 0.2) is 0 Å². The Bertz CT molecular complexity index is 434. The molecule has 120 valence electrons. The minimum atomic E-state index is -4.41. The van der Waals surface area contributed by atoms with Crippen molar-refractivity contribution in [2.45, 2.75) is 39.3 Å². The van der Waals surface area contributed by atoms with Gasteiger partial charge in [-0.1, -0.05) is 13.8 Å². The van der Waals surface area contributed by atoms with Gasteiger partial charge in [-0.3, -0.25) is 0 Å². The van der Waals surface area contributed by atoms with Crippen LogP contribution >= 0.6 is 0 Å². The fraction of sp³-hybridized carbons (Fsp3) is 0.625. The zero-order valence-electron chi connectivity index (χ0n) is 12.8. The molecule has 0 aromatic heterocycles. The summed E-state index contributed by atoms with van der Waals surface area (Å²) in [6.45, 7) is 5.78. The van der Waals surface area contributed by atoms with Gasteiger partial charge in [0.25, 0.3) is 0 Å². The van der Waals surface area contributed by atoms with E-state index in [1.54, 1.807) is 0 Å². The van der Waals surface area contributed by atoms with Gasteiger partial charge in [0.05, 0.1) is 5.56 Å². The van der Waals surface area contributed by atoms with E-state index in [2.05, 4.69) is 4.90 Å². The highest BCUT2D eigenvalue weighted by Gasteiger charge is 2.34. The van der Waals surface area contributed by atoms with Crippen molar-refractivity contribution in [3.05, 3.63) is 35.1 Å². The Hall–Kier alpha value is -1.10. The Balaban J connectivity index is 0.00000106. The van der Waals surface area contributed by atoms with E-state index in [4.69, 9.17) is 0 Å². The largest absolute Gasteiger partial charge is 0.416 e. The first-order chi connectivity index (χ1) is 9.86. The van der Waals surface area contributed by atoms with Gasteiger partial charge >= 0.3 is 6.18 Å². The van der Waals surface area contributed by atoms with Crippen molar-refractivity contribution in [3.63, 3.8) is 0 Å². The molecule has 1 nitrogen and oxygen atoms in total. The number of likely N-dealkylation sites (tertiary alicyclic amines) is 1. The molecular weight excluding hydrogens is 282 g/mol. The predicted octanol–water partition coefficient (Wildman–Crippen LogP) is 4.76. The van der Waals surface area contributed by atoms with E-state index < -0.39 is 17.6 Å². The maximum Gasteiger partial charge on any atom is 0.416 e. The molecule has 1 aliphatic rings. The van der Waals surface area contributed by atoms with Gasteiger partial charge in [-0.15, -0.1) is 0 Å². The number of hydrogen-bond donors (Lipinski definition) is 0. The van der Waals surface area contributed by atoms with E-state index >= 15 is 0 Å². The van der Waals surface area contributed by atoms with Crippen LogP contribution in [0.4, 0.5) is 17.6 Å². The summed E-state index contributed by atoms with van der Waals surface area (Å²) < 4.78 is 51.8. The van der Waals surface area contributed by atoms with Gasteiger partial charge < -0.3 is 4.90 Å². The normalized spacial score (nSPS) is 17.3. The summed E-state index contributed by atoms with van der Waals surface area (Å²) in [6.07, 6.45) is -2.37. The van der Waals surface area contributed by atoms with Gasteiger partial charge in [0.1, 0.15) is 5.82 Å². The van der Waals surface area contributed by atoms with Crippen molar-refractivity contribution >= 4 is 0 Å². The maximum absolute atomic E-state index is 13.2. The lowest BCUT2D eigenvalue weighted by atomic mass is 9.88. The molecule has 0 saturated carbocycles. The topological polar surface area (TPSA) is 3.24 Å². The summed E-state index contributed by atoms with van der Waals surface area (Å²) in [5.41, 5.74) is -0.616. The number of benzene rings is 1. The van der Waals surface area contributed by atoms with Crippen molar-refractivity contribution < 1.29 is 17.6 Å². The molecule has 0 N–H and O–H groups in total. The molecule has 0 unspecified atom stereocenters. The number of halogens is 4. The molecule has 0 bridgehead atoms. The summed E-state index contributed by atoms with van der Waals surface area (Å²) in [5, 5.41) is 0. The van der Waals surface area contributed by atoms with E-state index in [-0.39, 0.29) is 11.5 Å². The van der Waals surface area contributed by atoms with Crippen LogP contribution in [-0.4, -0.2) is 25.0 Å². The van der Waals surface area contributed by atoms with Gasteiger partial charge in [-0.2, -0.15) is 13.2 Å². The Morgan fingerprint density at radius 2 is 1.71 bits per heavy atom. The second-order valence-electron chi connectivity index (χ2n) is 5.25. The standard InChI is InChI=1S/C14H17F4N.C2H6/c1-19-6-4-10(5-7-19)8-11-9-12(15)2-3-13(11)14(16,17)18;1-2/h2-3,9-10H,4-8H2,1H3;1-2H3. The van der Waals surface area contributed by atoms with Crippen molar-refractivity contribution in [1.29, 1.82) is 0 Å². The third kappa shape index (κ3) is 5.30. The average molecular weight is 305 g/mol. The molecular formula is C16H23F4N. The van der Waals surface area contributed by atoms with Crippen LogP contribution in [0.3, 0.4) is 0 Å². The Morgan fingerprint density at radius 3 is 2.24 bits per heavy atom. The maximum atomic E-state index is 13.2. The third-order valence-electron chi connectivity index (χ3n) is 3.72. The molecule has 1 aromatic carbocycles. The molecule has 1 aromatic rings. The average Bonchev–Trinajstić information content (AvgIpc) is 2.42. The van der Waals surface area contributed by atoms with Crippen LogP contribution in [0.1, 0.15) is 37.8 Å². The van der Waals surface area contributed by atoms with Crippen molar-refractivity contribution in [2.75, 3.05) is 20.1 Å². The van der Waals surface area contributed by atoms with E-state index in [1.807, 2.05) is 20.9 Å². The second-order valence-corrected chi connectivity index (χ2v) is 5.25. The Morgan fingerprint density at radius 1 is 1.14 bits per heavy atom. The van der Waals surface area contributed by atoms with E-state index in [0.717, 1.165) is 44.1 Å². The summed E-state index contributed by atoms with van der Waals surface area (Å²) in [4.78, 5) is 2.16. The molecule has 21 heavy (non-hydrogen) atoms. The quantitative estimate of drug-likeness (QED) is 0.712. The zero-order chi connectivity index (χ0) is 16.0. The number of hydrogen-bond acceptors (Lipinski definition) is 1. The molecule has 1 aliphatic heterocycles. The molecule has 1 saturated heterocycles. The number of rotatable bonds is 2. The summed E-state index contributed by atoms with van der Waals surface area (Å²) >= 11 is 0. The number of piperidine rings is 1. The first kappa shape index (κ1) is 18.0. The Kier molecular flexibility index (Phi) is 6.65. The highest BCUT2D eigenvalue weighted by Crippen LogP contribution is 2.34. The van der Waals surface area contributed by atoms with E-state index in [9.17, 15) is 17.6 Å². The van der Waals surface area contributed by atoms with Crippen LogP contribution in [0.5, 0.6) is 0 Å². The Labute approximate surface area is 124 Å². The van der Waals surface area contributed by atoms with E-state index in [0.29, 0.717) is 6.42 Å². The van der Waals surface area contributed by atoms with Crippen LogP contribution < -0.4 is 0 Å². The molecule has 5 heteroatoms. The van der Waals surface area contributed by atoms with Crippen molar-refractivity contribution in [1.82, 2.24) is 4.90 Å². The smallest absolute Gasteiger partial charge is 0.306 e. The third-order valence-corrected chi connectivity index (χ3v) is 3.72. The van der Waals surface area contributed by atoms with Crippen molar-refractivity contribution in [2.24, 2.45) is 5.92 Å². The van der Waals surface area contributed by atoms with E-state index in [1.165, 1.54) is 0 Å². The fourth-order valence-corrected chi connectivity index (χ4v) is 2.58. The molecule has 0 spiro atoms. The molecule has 0 atom stereocenters. The summed E-state index contributed by atoms with van der Waals surface area (Å²) in [7, 11) is 2.00. The highest BCUT2D eigenvalue weighted by atomic mass is 19.4. The first-order valence-electron chi connectivity index (χ1n) is 7.40. The lowest BCUT2D eigenvalue weighted by molar-refractivity contribution is -0.138. The van der Waals surface area contributed by atoms with Crippen LogP contribution in [0.2, 0.25) is 0 Å². The molecule has 0 radical (unpaired) electrons. The first-order valence-corrected chi connectivity index (χ1v) is 7.40.